The van der Waals surface area contributed by atoms with E-state index in [2.05, 4.69) is 17.1 Å². The van der Waals surface area contributed by atoms with E-state index in [1.807, 2.05) is 0 Å². The number of nitrogens with one attached hydrogen (secondary N) is 1. The first kappa shape index (κ1) is 21.8. The number of Topliss-reactive ketones (excluding diaryl/α,β-unsaturated/α-hetero) is 1. The van der Waals surface area contributed by atoms with Crippen molar-refractivity contribution >= 4 is 11.7 Å². The van der Waals surface area contributed by atoms with Crippen LogP contribution in [0.15, 0.2) is 24.3 Å². The third kappa shape index (κ3) is 6.04. The Hall–Kier alpha value is -1.89. The number of likely N-dealkylation sites (tertiary alicyclic amines) is 1. The second kappa shape index (κ2) is 9.28. The Bertz CT molecular complexity index is 727. The summed E-state index contributed by atoms with van der Waals surface area (Å²) in [6.07, 6.45) is 1.89. The van der Waals surface area contributed by atoms with Gasteiger partial charge < -0.3 is 10.2 Å². The number of rotatable bonds is 6. The number of nitrogens with zero attached hydrogens (tertiary/aromatic N) is 1. The quantitative estimate of drug-likeness (QED) is 0.761. The van der Waals surface area contributed by atoms with E-state index in [1.165, 1.54) is 37.8 Å². The van der Waals surface area contributed by atoms with Crippen molar-refractivity contribution in [2.45, 2.75) is 57.7 Å². The molecule has 7 heteroatoms. The van der Waals surface area contributed by atoms with Crippen molar-refractivity contribution in [1.29, 1.82) is 0 Å². The summed E-state index contributed by atoms with van der Waals surface area (Å²) >= 11 is 0. The van der Waals surface area contributed by atoms with Gasteiger partial charge in [-0.2, -0.15) is 13.2 Å². The molecule has 2 aliphatic rings. The van der Waals surface area contributed by atoms with Crippen molar-refractivity contribution in [3.8, 4) is 0 Å². The molecule has 4 nitrogen and oxygen atoms in total. The van der Waals surface area contributed by atoms with Gasteiger partial charge in [0.2, 0.25) is 0 Å². The van der Waals surface area contributed by atoms with Crippen LogP contribution in [0.25, 0.3) is 0 Å². The molecule has 2 fully saturated rings. The normalized spacial score (nSPS) is 25.7. The number of alkyl halides is 3. The van der Waals surface area contributed by atoms with Gasteiger partial charge >= 0.3 is 6.18 Å². The maximum Gasteiger partial charge on any atom is 0.416 e. The highest BCUT2D eigenvalue weighted by Crippen LogP contribution is 2.31. The zero-order chi connectivity index (χ0) is 21.0. The Balaban J connectivity index is 1.43. The first-order valence-corrected chi connectivity index (χ1v) is 10.4. The topological polar surface area (TPSA) is 49.4 Å². The molecule has 0 spiro atoms. The molecular weight excluding hydrogens is 381 g/mol. The molecule has 1 aliphatic carbocycles. The monoisotopic (exact) mass is 410 g/mol. The second-order valence-corrected chi connectivity index (χ2v) is 8.57. The summed E-state index contributed by atoms with van der Waals surface area (Å²) in [4.78, 5) is 26.9. The number of hydrogen-bond acceptors (Lipinski definition) is 3. The molecule has 1 saturated carbocycles. The first-order valence-electron chi connectivity index (χ1n) is 10.4. The standard InChI is InChI=1S/C22H29F3N2O2/c1-15-5-7-19(8-6-15)27-10-9-16(14-27)11-20(28)13-26-21(29)17-3-2-4-18(12-17)22(23,24)25/h2-4,12,15-16,19H,5-11,13-14H2,1H3,(H,26,29)/t15?,16-,19?/m0/s1. The molecule has 0 aromatic heterocycles. The van der Waals surface area contributed by atoms with Gasteiger partial charge in [-0.05, 0) is 68.7 Å². The van der Waals surface area contributed by atoms with Gasteiger partial charge in [0, 0.05) is 24.6 Å². The number of carbonyl (C=O) groups is 2. The maximum atomic E-state index is 12.8. The highest BCUT2D eigenvalue weighted by molar-refractivity contribution is 5.96. The van der Waals surface area contributed by atoms with E-state index in [9.17, 15) is 22.8 Å². The van der Waals surface area contributed by atoms with E-state index in [-0.39, 0.29) is 17.9 Å². The fraction of sp³-hybridized carbons (Fsp3) is 0.636. The Labute approximate surface area is 169 Å². The van der Waals surface area contributed by atoms with Crippen molar-refractivity contribution in [3.63, 3.8) is 0 Å². The zero-order valence-corrected chi connectivity index (χ0v) is 16.8. The van der Waals surface area contributed by atoms with E-state index in [1.54, 1.807) is 0 Å². The van der Waals surface area contributed by atoms with Crippen molar-refractivity contribution in [1.82, 2.24) is 10.2 Å². The maximum absolute atomic E-state index is 12.8. The van der Waals surface area contributed by atoms with E-state index in [0.717, 1.165) is 37.6 Å². The lowest BCUT2D eigenvalue weighted by Crippen LogP contribution is -2.36. The first-order chi connectivity index (χ1) is 13.7. The lowest BCUT2D eigenvalue weighted by Gasteiger charge is -2.33. The van der Waals surface area contributed by atoms with Gasteiger partial charge in [0.05, 0.1) is 12.1 Å². The molecule has 1 N–H and O–H groups in total. The fourth-order valence-electron chi connectivity index (χ4n) is 4.48. The average Bonchev–Trinajstić information content (AvgIpc) is 3.14. The third-order valence-corrected chi connectivity index (χ3v) is 6.23. The third-order valence-electron chi connectivity index (χ3n) is 6.23. The van der Waals surface area contributed by atoms with Crippen molar-refractivity contribution < 1.29 is 22.8 Å². The smallest absolute Gasteiger partial charge is 0.345 e. The second-order valence-electron chi connectivity index (χ2n) is 8.57. The summed E-state index contributed by atoms with van der Waals surface area (Å²) in [7, 11) is 0. The van der Waals surface area contributed by atoms with Gasteiger partial charge in [-0.3, -0.25) is 9.59 Å². The molecule has 0 bridgehead atoms. The summed E-state index contributed by atoms with van der Waals surface area (Å²) in [5, 5.41) is 2.46. The lowest BCUT2D eigenvalue weighted by atomic mass is 9.87. The number of hydrogen-bond donors (Lipinski definition) is 1. The molecule has 0 unspecified atom stereocenters. The van der Waals surface area contributed by atoms with E-state index in [0.29, 0.717) is 18.4 Å². The summed E-state index contributed by atoms with van der Waals surface area (Å²) < 4.78 is 38.3. The highest BCUT2D eigenvalue weighted by atomic mass is 19.4. The Morgan fingerprint density at radius 2 is 1.86 bits per heavy atom. The molecule has 1 atom stereocenters. The van der Waals surface area contributed by atoms with Crippen molar-refractivity contribution in [3.05, 3.63) is 35.4 Å². The van der Waals surface area contributed by atoms with Crippen LogP contribution in [0.4, 0.5) is 13.2 Å². The predicted molar refractivity (Wildman–Crippen MR) is 105 cm³/mol. The largest absolute Gasteiger partial charge is 0.416 e. The van der Waals surface area contributed by atoms with Crippen LogP contribution in [0.2, 0.25) is 0 Å². The summed E-state index contributed by atoms with van der Waals surface area (Å²) in [6.45, 7) is 4.10. The van der Waals surface area contributed by atoms with Gasteiger partial charge in [0.1, 0.15) is 0 Å². The van der Waals surface area contributed by atoms with Crippen LogP contribution < -0.4 is 5.32 Å². The minimum absolute atomic E-state index is 0.0746. The van der Waals surface area contributed by atoms with E-state index in [4.69, 9.17) is 0 Å². The molecule has 29 heavy (non-hydrogen) atoms. The molecule has 1 saturated heterocycles. The molecule has 3 rings (SSSR count). The number of amides is 1. The minimum atomic E-state index is -4.50. The summed E-state index contributed by atoms with van der Waals surface area (Å²) in [5.41, 5.74) is -0.967. The van der Waals surface area contributed by atoms with Crippen LogP contribution in [0.1, 0.15) is 61.4 Å². The molecule has 1 heterocycles. The van der Waals surface area contributed by atoms with Gasteiger partial charge in [-0.15, -0.1) is 0 Å². The van der Waals surface area contributed by atoms with Crippen LogP contribution in [0.3, 0.4) is 0 Å². The molecule has 1 aromatic rings. The predicted octanol–water partition coefficient (Wildman–Crippen LogP) is 4.30. The fourth-order valence-corrected chi connectivity index (χ4v) is 4.48. The molecular formula is C22H29F3N2O2. The summed E-state index contributed by atoms with van der Waals surface area (Å²) in [6, 6.07) is 4.86. The Morgan fingerprint density at radius 1 is 1.14 bits per heavy atom. The Kier molecular flexibility index (Phi) is 6.98. The van der Waals surface area contributed by atoms with Crippen LogP contribution >= 0.6 is 0 Å². The van der Waals surface area contributed by atoms with Gasteiger partial charge in [0.25, 0.3) is 5.91 Å². The van der Waals surface area contributed by atoms with Crippen LogP contribution in [0.5, 0.6) is 0 Å². The number of benzene rings is 1. The lowest BCUT2D eigenvalue weighted by molar-refractivity contribution is -0.137. The molecule has 0 radical (unpaired) electrons. The van der Waals surface area contributed by atoms with E-state index >= 15 is 0 Å². The molecule has 1 aromatic carbocycles. The number of ketones is 1. The highest BCUT2D eigenvalue weighted by Gasteiger charge is 2.32. The van der Waals surface area contributed by atoms with Crippen LogP contribution in [-0.2, 0) is 11.0 Å². The SMILES string of the molecule is CC1CCC(N2CC[C@@H](CC(=O)CNC(=O)c3cccc(C(F)(F)F)c3)C2)CC1. The average molecular weight is 410 g/mol. The van der Waals surface area contributed by atoms with Gasteiger partial charge in [-0.1, -0.05) is 13.0 Å². The van der Waals surface area contributed by atoms with E-state index < -0.39 is 17.6 Å². The number of carbonyl (C=O) groups excluding carboxylic acids is 2. The van der Waals surface area contributed by atoms with Gasteiger partial charge in [-0.25, -0.2) is 0 Å². The molecule has 1 aliphatic heterocycles. The van der Waals surface area contributed by atoms with Crippen LogP contribution in [0, 0.1) is 11.8 Å². The summed E-state index contributed by atoms with van der Waals surface area (Å²) in [5.74, 6) is 0.377. The number of halogens is 3. The molecule has 160 valence electrons. The van der Waals surface area contributed by atoms with Crippen molar-refractivity contribution in [2.24, 2.45) is 11.8 Å². The van der Waals surface area contributed by atoms with Crippen LogP contribution in [-0.4, -0.2) is 42.3 Å². The molecule has 1 amide bonds. The Morgan fingerprint density at radius 3 is 2.55 bits per heavy atom. The van der Waals surface area contributed by atoms with Crippen molar-refractivity contribution in [2.75, 3.05) is 19.6 Å². The zero-order valence-electron chi connectivity index (χ0n) is 16.8. The minimum Gasteiger partial charge on any atom is -0.345 e. The van der Waals surface area contributed by atoms with Gasteiger partial charge in [0.15, 0.2) is 5.78 Å².